The molecule has 6 heteroatoms. The normalized spacial score (nSPS) is 11.2. The summed E-state index contributed by atoms with van der Waals surface area (Å²) in [5.74, 6) is -1.99. The fourth-order valence-corrected chi connectivity index (χ4v) is 1.04. The smallest absolute Gasteiger partial charge is 0.331 e. The van der Waals surface area contributed by atoms with Crippen molar-refractivity contribution >= 4 is 17.7 Å². The van der Waals surface area contributed by atoms with Gasteiger partial charge < -0.3 is 5.11 Å². The molecule has 0 heterocycles. The molecule has 0 aliphatic heterocycles. The predicted octanol–water partition coefficient (Wildman–Crippen LogP) is 2.22. The van der Waals surface area contributed by atoms with Crippen molar-refractivity contribution in [2.45, 2.75) is 6.92 Å². The van der Waals surface area contributed by atoms with Crippen molar-refractivity contribution in [1.82, 2.24) is 0 Å². The Hall–Kier alpha value is -2.24. The zero-order chi connectivity index (χ0) is 12.3. The number of carbonyl (C=O) groups is 1. The third-order valence-corrected chi connectivity index (χ3v) is 1.90. The Morgan fingerprint density at radius 1 is 1.56 bits per heavy atom. The summed E-state index contributed by atoms with van der Waals surface area (Å²) in [5, 5.41) is 18.9. The fraction of sp³-hybridized carbons (Fsp3) is 0.100. The van der Waals surface area contributed by atoms with E-state index in [4.69, 9.17) is 5.11 Å². The second-order valence-corrected chi connectivity index (χ2v) is 3.10. The lowest BCUT2D eigenvalue weighted by Crippen LogP contribution is -1.96. The van der Waals surface area contributed by atoms with Crippen LogP contribution >= 0.6 is 0 Å². The van der Waals surface area contributed by atoms with Gasteiger partial charge >= 0.3 is 5.97 Å². The first-order valence-corrected chi connectivity index (χ1v) is 4.27. The van der Waals surface area contributed by atoms with Crippen LogP contribution in [-0.4, -0.2) is 16.0 Å². The molecule has 0 fully saturated rings. The molecule has 0 bridgehead atoms. The van der Waals surface area contributed by atoms with Crippen LogP contribution in [0.5, 0.6) is 0 Å². The lowest BCUT2D eigenvalue weighted by atomic mass is 10.1. The van der Waals surface area contributed by atoms with Crippen molar-refractivity contribution in [2.75, 3.05) is 0 Å². The van der Waals surface area contributed by atoms with E-state index in [9.17, 15) is 19.3 Å². The van der Waals surface area contributed by atoms with E-state index < -0.39 is 16.7 Å². The van der Waals surface area contributed by atoms with Crippen molar-refractivity contribution in [3.05, 3.63) is 45.3 Å². The van der Waals surface area contributed by atoms with Crippen LogP contribution in [0.3, 0.4) is 0 Å². The topological polar surface area (TPSA) is 80.4 Å². The number of aliphatic carboxylic acids is 1. The van der Waals surface area contributed by atoms with Crippen LogP contribution in [0, 0.1) is 15.9 Å². The van der Waals surface area contributed by atoms with Gasteiger partial charge in [0.15, 0.2) is 0 Å². The van der Waals surface area contributed by atoms with E-state index in [1.807, 2.05) is 0 Å². The lowest BCUT2D eigenvalue weighted by molar-refractivity contribution is -0.385. The molecule has 0 spiro atoms. The summed E-state index contributed by atoms with van der Waals surface area (Å²) in [6, 6.07) is 3.03. The van der Waals surface area contributed by atoms with E-state index in [0.29, 0.717) is 0 Å². The van der Waals surface area contributed by atoms with Crippen LogP contribution in [0.25, 0.3) is 6.08 Å². The van der Waals surface area contributed by atoms with Crippen molar-refractivity contribution in [3.63, 3.8) is 0 Å². The van der Waals surface area contributed by atoms with E-state index in [2.05, 4.69) is 0 Å². The Balaban J connectivity index is 3.14. The average Bonchev–Trinajstić information content (AvgIpc) is 2.20. The Morgan fingerprint density at radius 2 is 2.19 bits per heavy atom. The zero-order valence-electron chi connectivity index (χ0n) is 8.31. The maximum atomic E-state index is 13.3. The number of hydrogen-bond donors (Lipinski definition) is 1. The maximum Gasteiger partial charge on any atom is 0.331 e. The van der Waals surface area contributed by atoms with E-state index in [1.165, 1.54) is 13.0 Å². The molecule has 1 N–H and O–H groups in total. The minimum atomic E-state index is -1.17. The minimum Gasteiger partial charge on any atom is -0.478 e. The summed E-state index contributed by atoms with van der Waals surface area (Å²) >= 11 is 0. The summed E-state index contributed by atoms with van der Waals surface area (Å²) in [7, 11) is 0. The molecule has 5 nitrogen and oxygen atoms in total. The molecule has 0 saturated heterocycles. The van der Waals surface area contributed by atoms with Crippen molar-refractivity contribution in [1.29, 1.82) is 0 Å². The summed E-state index contributed by atoms with van der Waals surface area (Å²) in [6.07, 6.45) is 1.11. The number of carboxylic acid groups (broad SMARTS) is 1. The Morgan fingerprint density at radius 3 is 2.62 bits per heavy atom. The molecule has 0 amide bonds. The molecule has 0 atom stereocenters. The molecule has 0 aliphatic rings. The van der Waals surface area contributed by atoms with Crippen LogP contribution in [0.2, 0.25) is 0 Å². The quantitative estimate of drug-likeness (QED) is 0.485. The Kier molecular flexibility index (Phi) is 3.34. The van der Waals surface area contributed by atoms with Crippen LogP contribution in [0.1, 0.15) is 12.5 Å². The van der Waals surface area contributed by atoms with Gasteiger partial charge in [-0.3, -0.25) is 10.1 Å². The average molecular weight is 225 g/mol. The van der Waals surface area contributed by atoms with Crippen molar-refractivity contribution < 1.29 is 19.2 Å². The molecule has 1 aromatic rings. The third-order valence-electron chi connectivity index (χ3n) is 1.90. The molecule has 1 aromatic carbocycles. The van der Waals surface area contributed by atoms with Gasteiger partial charge in [-0.05, 0) is 19.1 Å². The number of benzene rings is 1. The molecule has 1 rings (SSSR count). The highest BCUT2D eigenvalue weighted by molar-refractivity contribution is 5.91. The summed E-state index contributed by atoms with van der Waals surface area (Å²) < 4.78 is 13.3. The second-order valence-electron chi connectivity index (χ2n) is 3.10. The van der Waals surface area contributed by atoms with Crippen molar-refractivity contribution in [3.8, 4) is 0 Å². The van der Waals surface area contributed by atoms with E-state index >= 15 is 0 Å². The first kappa shape index (κ1) is 11.8. The highest BCUT2D eigenvalue weighted by atomic mass is 19.1. The fourth-order valence-electron chi connectivity index (χ4n) is 1.04. The zero-order valence-corrected chi connectivity index (χ0v) is 8.31. The molecule has 84 valence electrons. The van der Waals surface area contributed by atoms with Gasteiger partial charge in [0.2, 0.25) is 0 Å². The Labute approximate surface area is 90.0 Å². The number of nitrogens with zero attached hydrogens (tertiary/aromatic N) is 1. The second kappa shape index (κ2) is 4.52. The summed E-state index contributed by atoms with van der Waals surface area (Å²) in [5.41, 5.74) is -0.416. The minimum absolute atomic E-state index is 0.00509. The van der Waals surface area contributed by atoms with Crippen LogP contribution in [-0.2, 0) is 4.79 Å². The van der Waals surface area contributed by atoms with Crippen LogP contribution in [0.15, 0.2) is 23.8 Å². The van der Waals surface area contributed by atoms with Crippen molar-refractivity contribution in [2.24, 2.45) is 0 Å². The SMILES string of the molecule is CC(=Cc1ccc([N+](=O)[O-])cc1F)C(=O)O. The number of hydrogen-bond acceptors (Lipinski definition) is 3. The van der Waals surface area contributed by atoms with Gasteiger partial charge in [0.25, 0.3) is 5.69 Å². The van der Waals surface area contributed by atoms with E-state index in [1.54, 1.807) is 0 Å². The number of halogens is 1. The van der Waals surface area contributed by atoms with Crippen LogP contribution in [0.4, 0.5) is 10.1 Å². The molecule has 16 heavy (non-hydrogen) atoms. The number of rotatable bonds is 3. The Bertz CT molecular complexity index is 482. The van der Waals surface area contributed by atoms with Gasteiger partial charge in [-0.2, -0.15) is 0 Å². The number of non-ortho nitro benzene ring substituents is 1. The van der Waals surface area contributed by atoms with Crippen LogP contribution < -0.4 is 0 Å². The molecule has 0 saturated carbocycles. The van der Waals surface area contributed by atoms with Gasteiger partial charge in [-0.25, -0.2) is 9.18 Å². The third kappa shape index (κ3) is 2.63. The van der Waals surface area contributed by atoms with Gasteiger partial charge in [0, 0.05) is 17.2 Å². The first-order valence-electron chi connectivity index (χ1n) is 4.27. The first-order chi connectivity index (χ1) is 7.41. The molecular formula is C10H8FNO4. The van der Waals surface area contributed by atoms with Gasteiger partial charge in [0.05, 0.1) is 11.0 Å². The standard InChI is InChI=1S/C10H8FNO4/c1-6(10(13)14)4-7-2-3-8(12(15)16)5-9(7)11/h2-5H,1H3,(H,13,14). The molecule has 0 radical (unpaired) electrons. The van der Waals surface area contributed by atoms with Gasteiger partial charge in [0.1, 0.15) is 5.82 Å². The van der Waals surface area contributed by atoms with Gasteiger partial charge in [-0.15, -0.1) is 0 Å². The number of nitro benzene ring substituents is 1. The molecule has 0 aromatic heterocycles. The monoisotopic (exact) mass is 225 g/mol. The molecule has 0 aliphatic carbocycles. The predicted molar refractivity (Wildman–Crippen MR) is 54.3 cm³/mol. The lowest BCUT2D eigenvalue weighted by Gasteiger charge is -1.98. The molecular weight excluding hydrogens is 217 g/mol. The van der Waals surface area contributed by atoms with E-state index in [0.717, 1.165) is 18.2 Å². The largest absolute Gasteiger partial charge is 0.478 e. The number of carboxylic acids is 1. The summed E-state index contributed by atoms with van der Waals surface area (Å²) in [6.45, 7) is 1.31. The van der Waals surface area contributed by atoms with E-state index in [-0.39, 0.29) is 16.8 Å². The number of nitro groups is 1. The van der Waals surface area contributed by atoms with Gasteiger partial charge in [-0.1, -0.05) is 0 Å². The highest BCUT2D eigenvalue weighted by Gasteiger charge is 2.10. The highest BCUT2D eigenvalue weighted by Crippen LogP contribution is 2.18. The molecule has 0 unspecified atom stereocenters. The summed E-state index contributed by atoms with van der Waals surface area (Å²) in [4.78, 5) is 20.1. The maximum absolute atomic E-state index is 13.3.